The molecule has 0 aliphatic rings. The molecule has 0 saturated carbocycles. The van der Waals surface area contributed by atoms with Crippen molar-refractivity contribution in [3.63, 3.8) is 0 Å². The summed E-state index contributed by atoms with van der Waals surface area (Å²) in [6.07, 6.45) is -1.74. The van der Waals surface area contributed by atoms with E-state index in [9.17, 15) is 9.59 Å². The Balaban J connectivity index is 3.68. The van der Waals surface area contributed by atoms with Crippen molar-refractivity contribution in [1.29, 1.82) is 0 Å². The first-order chi connectivity index (χ1) is 5.93. The molecule has 0 aliphatic carbocycles. The number of ether oxygens (including phenoxy) is 1. The number of esters is 1. The molecule has 0 aromatic rings. The van der Waals surface area contributed by atoms with Gasteiger partial charge in [-0.15, -0.1) is 0 Å². The SMILES string of the molecule is CC(O)C(C)OC(=O)CCC(=O)O. The molecule has 2 N–H and O–H groups in total. The lowest BCUT2D eigenvalue weighted by atomic mass is 10.2. The number of aliphatic hydroxyl groups is 1. The van der Waals surface area contributed by atoms with Crippen LogP contribution < -0.4 is 0 Å². The van der Waals surface area contributed by atoms with Crippen LogP contribution in [0.2, 0.25) is 0 Å². The van der Waals surface area contributed by atoms with Crippen LogP contribution in [0.5, 0.6) is 0 Å². The Morgan fingerprint density at radius 1 is 1.31 bits per heavy atom. The highest BCUT2D eigenvalue weighted by molar-refractivity contribution is 5.76. The number of rotatable bonds is 5. The van der Waals surface area contributed by atoms with Crippen LogP contribution in [-0.2, 0) is 14.3 Å². The second kappa shape index (κ2) is 5.53. The zero-order chi connectivity index (χ0) is 10.4. The molecular weight excluding hydrogens is 176 g/mol. The highest BCUT2D eigenvalue weighted by atomic mass is 16.6. The van der Waals surface area contributed by atoms with Crippen molar-refractivity contribution in [3.05, 3.63) is 0 Å². The van der Waals surface area contributed by atoms with E-state index in [2.05, 4.69) is 0 Å². The largest absolute Gasteiger partial charge is 0.481 e. The Morgan fingerprint density at radius 2 is 1.85 bits per heavy atom. The summed E-state index contributed by atoms with van der Waals surface area (Å²) in [5.74, 6) is -1.64. The molecule has 2 atom stereocenters. The summed E-state index contributed by atoms with van der Waals surface area (Å²) >= 11 is 0. The predicted molar refractivity (Wildman–Crippen MR) is 44.1 cm³/mol. The third-order valence-corrected chi connectivity index (χ3v) is 1.54. The lowest BCUT2D eigenvalue weighted by molar-refractivity contribution is -0.155. The Labute approximate surface area is 76.3 Å². The Morgan fingerprint density at radius 3 is 2.23 bits per heavy atom. The maximum absolute atomic E-state index is 10.9. The average Bonchev–Trinajstić information content (AvgIpc) is 2.00. The van der Waals surface area contributed by atoms with Crippen molar-refractivity contribution in [3.8, 4) is 0 Å². The van der Waals surface area contributed by atoms with E-state index in [1.165, 1.54) is 6.92 Å². The summed E-state index contributed by atoms with van der Waals surface area (Å²) < 4.78 is 4.71. The van der Waals surface area contributed by atoms with Crippen molar-refractivity contribution in [2.24, 2.45) is 0 Å². The summed E-state index contributed by atoms with van der Waals surface area (Å²) in [5, 5.41) is 17.2. The number of carboxylic acid groups (broad SMARTS) is 1. The monoisotopic (exact) mass is 190 g/mol. The number of aliphatic hydroxyl groups excluding tert-OH is 1. The minimum Gasteiger partial charge on any atom is -0.481 e. The van der Waals surface area contributed by atoms with E-state index in [1.54, 1.807) is 6.92 Å². The Bertz CT molecular complexity index is 187. The van der Waals surface area contributed by atoms with Gasteiger partial charge in [0.15, 0.2) is 0 Å². The fourth-order valence-electron chi connectivity index (χ4n) is 0.574. The van der Waals surface area contributed by atoms with Crippen LogP contribution in [0.1, 0.15) is 26.7 Å². The van der Waals surface area contributed by atoms with Crippen LogP contribution in [-0.4, -0.2) is 34.4 Å². The van der Waals surface area contributed by atoms with Gasteiger partial charge < -0.3 is 14.9 Å². The first kappa shape index (κ1) is 11.9. The molecule has 13 heavy (non-hydrogen) atoms. The zero-order valence-electron chi connectivity index (χ0n) is 7.69. The minimum absolute atomic E-state index is 0.160. The third-order valence-electron chi connectivity index (χ3n) is 1.54. The van der Waals surface area contributed by atoms with Crippen molar-refractivity contribution in [2.75, 3.05) is 0 Å². The van der Waals surface area contributed by atoms with Gasteiger partial charge in [-0.05, 0) is 13.8 Å². The Hall–Kier alpha value is -1.10. The summed E-state index contributed by atoms with van der Waals surface area (Å²) in [6, 6.07) is 0. The van der Waals surface area contributed by atoms with Crippen molar-refractivity contribution >= 4 is 11.9 Å². The maximum Gasteiger partial charge on any atom is 0.306 e. The van der Waals surface area contributed by atoms with Gasteiger partial charge in [0, 0.05) is 0 Å². The second-order valence-corrected chi connectivity index (χ2v) is 2.83. The molecule has 0 amide bonds. The van der Waals surface area contributed by atoms with Crippen molar-refractivity contribution in [1.82, 2.24) is 0 Å². The first-order valence-electron chi connectivity index (χ1n) is 4.03. The second-order valence-electron chi connectivity index (χ2n) is 2.83. The van der Waals surface area contributed by atoms with Gasteiger partial charge in [0.2, 0.25) is 0 Å². The third kappa shape index (κ3) is 6.10. The molecule has 2 unspecified atom stereocenters. The van der Waals surface area contributed by atoms with Gasteiger partial charge in [0.05, 0.1) is 18.9 Å². The number of hydrogen-bond acceptors (Lipinski definition) is 4. The standard InChI is InChI=1S/C8H14O5/c1-5(9)6(2)13-8(12)4-3-7(10)11/h5-6,9H,3-4H2,1-2H3,(H,10,11). The summed E-state index contributed by atoms with van der Waals surface area (Å²) in [7, 11) is 0. The van der Waals surface area contributed by atoms with Gasteiger partial charge in [0.1, 0.15) is 6.10 Å². The summed E-state index contributed by atoms with van der Waals surface area (Å²) in [4.78, 5) is 20.9. The van der Waals surface area contributed by atoms with Crippen LogP contribution in [0.15, 0.2) is 0 Å². The minimum atomic E-state index is -1.04. The van der Waals surface area contributed by atoms with Gasteiger partial charge in [-0.1, -0.05) is 0 Å². The van der Waals surface area contributed by atoms with E-state index in [-0.39, 0.29) is 12.8 Å². The number of carbonyl (C=O) groups is 2. The number of aliphatic carboxylic acids is 1. The molecule has 0 aliphatic heterocycles. The van der Waals surface area contributed by atoms with Gasteiger partial charge in [0.25, 0.3) is 0 Å². The molecule has 0 saturated heterocycles. The number of carboxylic acids is 1. The highest BCUT2D eigenvalue weighted by Crippen LogP contribution is 2.01. The van der Waals surface area contributed by atoms with E-state index in [1.807, 2.05) is 0 Å². The molecule has 0 aromatic carbocycles. The van der Waals surface area contributed by atoms with Gasteiger partial charge >= 0.3 is 11.9 Å². The van der Waals surface area contributed by atoms with E-state index in [0.717, 1.165) is 0 Å². The van der Waals surface area contributed by atoms with Gasteiger partial charge in [-0.3, -0.25) is 9.59 Å². The smallest absolute Gasteiger partial charge is 0.306 e. The molecular formula is C8H14O5. The van der Waals surface area contributed by atoms with Crippen LogP contribution in [0, 0.1) is 0 Å². The van der Waals surface area contributed by atoms with Crippen molar-refractivity contribution in [2.45, 2.75) is 38.9 Å². The molecule has 0 spiro atoms. The Kier molecular flexibility index (Phi) is 5.06. The summed E-state index contributed by atoms with van der Waals surface area (Å²) in [6.45, 7) is 3.04. The van der Waals surface area contributed by atoms with E-state index < -0.39 is 24.1 Å². The van der Waals surface area contributed by atoms with Crippen LogP contribution in [0.25, 0.3) is 0 Å². The normalized spacial score (nSPS) is 14.7. The molecule has 0 fully saturated rings. The molecule has 0 bridgehead atoms. The first-order valence-corrected chi connectivity index (χ1v) is 4.03. The fourth-order valence-corrected chi connectivity index (χ4v) is 0.574. The molecule has 76 valence electrons. The molecule has 0 heterocycles. The number of hydrogen-bond donors (Lipinski definition) is 2. The zero-order valence-corrected chi connectivity index (χ0v) is 7.69. The van der Waals surface area contributed by atoms with Crippen LogP contribution in [0.4, 0.5) is 0 Å². The quantitative estimate of drug-likeness (QED) is 0.603. The molecule has 0 aromatic heterocycles. The van der Waals surface area contributed by atoms with Gasteiger partial charge in [-0.25, -0.2) is 0 Å². The van der Waals surface area contributed by atoms with Crippen molar-refractivity contribution < 1.29 is 24.5 Å². The molecule has 0 rings (SSSR count). The topological polar surface area (TPSA) is 83.8 Å². The maximum atomic E-state index is 10.9. The number of carbonyl (C=O) groups excluding carboxylic acids is 1. The van der Waals surface area contributed by atoms with E-state index in [0.29, 0.717) is 0 Å². The average molecular weight is 190 g/mol. The highest BCUT2D eigenvalue weighted by Gasteiger charge is 2.14. The van der Waals surface area contributed by atoms with Gasteiger partial charge in [-0.2, -0.15) is 0 Å². The molecule has 5 heteroatoms. The van der Waals surface area contributed by atoms with Crippen LogP contribution in [0.3, 0.4) is 0 Å². The predicted octanol–water partition coefficient (Wildman–Crippen LogP) is 0.164. The van der Waals surface area contributed by atoms with E-state index >= 15 is 0 Å². The van der Waals surface area contributed by atoms with E-state index in [4.69, 9.17) is 14.9 Å². The lowest BCUT2D eigenvalue weighted by Gasteiger charge is -2.15. The summed E-state index contributed by atoms with van der Waals surface area (Å²) in [5.41, 5.74) is 0. The molecule has 0 radical (unpaired) electrons. The molecule has 5 nitrogen and oxygen atoms in total. The lowest BCUT2D eigenvalue weighted by Crippen LogP contribution is -2.26. The fraction of sp³-hybridized carbons (Fsp3) is 0.750. The van der Waals surface area contributed by atoms with Crippen LogP contribution >= 0.6 is 0 Å².